The van der Waals surface area contributed by atoms with E-state index in [-0.39, 0.29) is 0 Å². The number of ether oxygens (including phenoxy) is 2. The zero-order valence-electron chi connectivity index (χ0n) is 15.4. The zero-order valence-corrected chi connectivity index (χ0v) is 16.2. The van der Waals surface area contributed by atoms with Gasteiger partial charge in [-0.15, -0.1) is 11.3 Å². The summed E-state index contributed by atoms with van der Waals surface area (Å²) in [6, 6.07) is 9.20. The van der Waals surface area contributed by atoms with Gasteiger partial charge in [-0.05, 0) is 43.7 Å². The van der Waals surface area contributed by atoms with E-state index in [1.54, 1.807) is 35.6 Å². The van der Waals surface area contributed by atoms with Gasteiger partial charge in [0.25, 0.3) is 0 Å². The maximum absolute atomic E-state index is 8.97. The van der Waals surface area contributed by atoms with Crippen molar-refractivity contribution < 1.29 is 9.47 Å². The van der Waals surface area contributed by atoms with E-state index in [4.69, 9.17) is 24.7 Å². The van der Waals surface area contributed by atoms with Crippen LogP contribution in [0.3, 0.4) is 0 Å². The van der Waals surface area contributed by atoms with Crippen molar-refractivity contribution in [2.24, 2.45) is 0 Å². The van der Waals surface area contributed by atoms with E-state index in [1.807, 2.05) is 0 Å². The molecule has 1 aliphatic heterocycles. The van der Waals surface area contributed by atoms with Crippen LogP contribution in [0.5, 0.6) is 11.6 Å². The average molecular weight is 380 g/mol. The van der Waals surface area contributed by atoms with Crippen LogP contribution in [0.2, 0.25) is 0 Å². The molecule has 1 aliphatic rings. The minimum absolute atomic E-state index is 0.579. The van der Waals surface area contributed by atoms with Crippen molar-refractivity contribution in [2.75, 3.05) is 26.3 Å². The van der Waals surface area contributed by atoms with Crippen molar-refractivity contribution >= 4 is 21.6 Å². The number of morpholine rings is 1. The molecule has 0 N–H and O–H groups in total. The lowest BCUT2D eigenvalue weighted by atomic mass is 10.2. The molecule has 0 aliphatic carbocycles. The molecule has 4 rings (SSSR count). The molecular formula is C20H20N4O2S. The number of benzene rings is 1. The van der Waals surface area contributed by atoms with Gasteiger partial charge in [0.05, 0.1) is 36.8 Å². The van der Waals surface area contributed by atoms with Crippen LogP contribution in [0, 0.1) is 25.2 Å². The Morgan fingerprint density at radius 1 is 1.19 bits per heavy atom. The van der Waals surface area contributed by atoms with E-state index in [0.29, 0.717) is 23.7 Å². The molecule has 0 saturated carbocycles. The lowest BCUT2D eigenvalue weighted by Gasteiger charge is -2.25. The van der Waals surface area contributed by atoms with Gasteiger partial charge in [-0.25, -0.2) is 4.98 Å². The molecule has 0 unspecified atom stereocenters. The van der Waals surface area contributed by atoms with Gasteiger partial charge < -0.3 is 9.47 Å². The predicted octanol–water partition coefficient (Wildman–Crippen LogP) is 3.80. The lowest BCUT2D eigenvalue weighted by molar-refractivity contribution is 0.0330. The van der Waals surface area contributed by atoms with E-state index < -0.39 is 0 Å². The molecule has 3 aromatic rings. The Hall–Kier alpha value is -2.53. The first-order valence-corrected chi connectivity index (χ1v) is 9.70. The highest BCUT2D eigenvalue weighted by Crippen LogP contribution is 2.36. The quantitative estimate of drug-likeness (QED) is 0.685. The van der Waals surface area contributed by atoms with Gasteiger partial charge in [0.2, 0.25) is 5.88 Å². The SMILES string of the molecule is Cc1sc2nc(CN3CCOCC3)nc(Oc3ccc(C#N)cc3)c2c1C. The molecule has 3 heterocycles. The van der Waals surface area contributed by atoms with Gasteiger partial charge in [-0.2, -0.15) is 10.2 Å². The van der Waals surface area contributed by atoms with E-state index in [9.17, 15) is 0 Å². The first kappa shape index (κ1) is 17.9. The molecule has 27 heavy (non-hydrogen) atoms. The summed E-state index contributed by atoms with van der Waals surface area (Å²) < 4.78 is 11.5. The van der Waals surface area contributed by atoms with Crippen LogP contribution in [-0.2, 0) is 11.3 Å². The topological polar surface area (TPSA) is 71.3 Å². The van der Waals surface area contributed by atoms with Crippen LogP contribution in [0.25, 0.3) is 10.2 Å². The summed E-state index contributed by atoms with van der Waals surface area (Å²) in [5.74, 6) is 2.00. The first-order valence-electron chi connectivity index (χ1n) is 8.89. The number of nitrogens with zero attached hydrogens (tertiary/aromatic N) is 4. The number of hydrogen-bond acceptors (Lipinski definition) is 7. The second-order valence-corrected chi connectivity index (χ2v) is 7.74. The van der Waals surface area contributed by atoms with Crippen LogP contribution < -0.4 is 4.74 Å². The first-order chi connectivity index (χ1) is 13.1. The van der Waals surface area contributed by atoms with E-state index in [1.165, 1.54) is 4.88 Å². The third-order valence-electron chi connectivity index (χ3n) is 4.71. The lowest BCUT2D eigenvalue weighted by Crippen LogP contribution is -2.36. The summed E-state index contributed by atoms with van der Waals surface area (Å²) in [4.78, 5) is 14.0. The summed E-state index contributed by atoms with van der Waals surface area (Å²) in [6.07, 6.45) is 0. The Morgan fingerprint density at radius 2 is 1.93 bits per heavy atom. The van der Waals surface area contributed by atoms with Crippen molar-refractivity contribution in [1.29, 1.82) is 5.26 Å². The third kappa shape index (κ3) is 3.78. The molecule has 0 spiro atoms. The predicted molar refractivity (Wildman–Crippen MR) is 104 cm³/mol. The summed E-state index contributed by atoms with van der Waals surface area (Å²) in [6.45, 7) is 8.10. The van der Waals surface area contributed by atoms with Crippen molar-refractivity contribution in [3.8, 4) is 17.7 Å². The van der Waals surface area contributed by atoms with Gasteiger partial charge in [-0.3, -0.25) is 4.90 Å². The minimum Gasteiger partial charge on any atom is -0.438 e. The van der Waals surface area contributed by atoms with E-state index >= 15 is 0 Å². The molecule has 2 aromatic heterocycles. The van der Waals surface area contributed by atoms with Gasteiger partial charge in [0, 0.05) is 18.0 Å². The monoisotopic (exact) mass is 380 g/mol. The fourth-order valence-electron chi connectivity index (χ4n) is 3.07. The van der Waals surface area contributed by atoms with Crippen LogP contribution in [0.15, 0.2) is 24.3 Å². The molecule has 0 radical (unpaired) electrons. The molecule has 7 heteroatoms. The number of fused-ring (bicyclic) bond motifs is 1. The second kappa shape index (κ2) is 7.61. The molecule has 6 nitrogen and oxygen atoms in total. The summed E-state index contributed by atoms with van der Waals surface area (Å²) in [5, 5.41) is 9.93. The Balaban J connectivity index is 1.70. The summed E-state index contributed by atoms with van der Waals surface area (Å²) >= 11 is 1.67. The van der Waals surface area contributed by atoms with Crippen LogP contribution in [-0.4, -0.2) is 41.2 Å². The fraction of sp³-hybridized carbons (Fsp3) is 0.350. The molecule has 138 valence electrons. The molecule has 0 bridgehead atoms. The largest absolute Gasteiger partial charge is 0.438 e. The average Bonchev–Trinajstić information content (AvgIpc) is 2.97. The highest BCUT2D eigenvalue weighted by molar-refractivity contribution is 7.18. The van der Waals surface area contributed by atoms with Crippen molar-refractivity contribution in [3.63, 3.8) is 0 Å². The minimum atomic E-state index is 0.579. The maximum atomic E-state index is 8.97. The van der Waals surface area contributed by atoms with E-state index in [0.717, 1.165) is 47.9 Å². The summed E-state index contributed by atoms with van der Waals surface area (Å²) in [5.41, 5.74) is 1.75. The van der Waals surface area contributed by atoms with Gasteiger partial charge in [0.15, 0.2) is 0 Å². The Bertz CT molecular complexity index is 1000. The normalized spacial score (nSPS) is 15.0. The van der Waals surface area contributed by atoms with E-state index in [2.05, 4.69) is 24.8 Å². The molecule has 1 saturated heterocycles. The molecule has 1 fully saturated rings. The number of aromatic nitrogens is 2. The Kier molecular flexibility index (Phi) is 5.03. The standard InChI is InChI=1S/C20H20N4O2S/c1-13-14(2)27-20-18(13)19(26-16-5-3-15(11-21)4-6-16)22-17(23-20)12-24-7-9-25-10-8-24/h3-6H,7-10,12H2,1-2H3. The fourth-order valence-corrected chi connectivity index (χ4v) is 4.11. The Labute approximate surface area is 162 Å². The highest BCUT2D eigenvalue weighted by Gasteiger charge is 2.19. The Morgan fingerprint density at radius 3 is 2.63 bits per heavy atom. The molecular weight excluding hydrogens is 360 g/mol. The van der Waals surface area contributed by atoms with Crippen LogP contribution in [0.4, 0.5) is 0 Å². The summed E-state index contributed by atoms with van der Waals surface area (Å²) in [7, 11) is 0. The smallest absolute Gasteiger partial charge is 0.231 e. The van der Waals surface area contributed by atoms with Crippen LogP contribution in [0.1, 0.15) is 21.8 Å². The number of rotatable bonds is 4. The van der Waals surface area contributed by atoms with Crippen molar-refractivity contribution in [2.45, 2.75) is 20.4 Å². The van der Waals surface area contributed by atoms with Crippen molar-refractivity contribution in [1.82, 2.24) is 14.9 Å². The van der Waals surface area contributed by atoms with Crippen molar-refractivity contribution in [3.05, 3.63) is 46.1 Å². The number of thiophene rings is 1. The highest BCUT2D eigenvalue weighted by atomic mass is 32.1. The third-order valence-corrected chi connectivity index (χ3v) is 5.81. The molecule has 0 atom stereocenters. The number of hydrogen-bond donors (Lipinski definition) is 0. The van der Waals surface area contributed by atoms with Gasteiger partial charge >= 0.3 is 0 Å². The number of aryl methyl sites for hydroxylation is 2. The van der Waals surface area contributed by atoms with Gasteiger partial charge in [-0.1, -0.05) is 0 Å². The molecule has 1 aromatic carbocycles. The number of nitriles is 1. The van der Waals surface area contributed by atoms with Crippen LogP contribution >= 0.6 is 11.3 Å². The maximum Gasteiger partial charge on any atom is 0.231 e. The second-order valence-electron chi connectivity index (χ2n) is 6.54. The van der Waals surface area contributed by atoms with Gasteiger partial charge in [0.1, 0.15) is 16.4 Å². The zero-order chi connectivity index (χ0) is 18.8. The molecule has 0 amide bonds.